The third-order valence-electron chi connectivity index (χ3n) is 0. The standard InChI is InChI=1S/2AsH3.3K.3Na/h2*1H3;;;;;;. The van der Waals surface area contributed by atoms with Gasteiger partial charge in [0.25, 0.3) is 0 Å². The summed E-state index contributed by atoms with van der Waals surface area (Å²) in [5.74, 6) is 0. The van der Waals surface area contributed by atoms with Crippen LogP contribution in [0.5, 0.6) is 0 Å². The van der Waals surface area contributed by atoms with E-state index in [2.05, 4.69) is 0 Å². The van der Waals surface area contributed by atoms with E-state index in [1.54, 1.807) is 0 Å². The summed E-state index contributed by atoms with van der Waals surface area (Å²) in [4.78, 5) is 0. The molecule has 0 heterocycles. The van der Waals surface area contributed by atoms with E-state index in [-0.39, 0.29) is 35.9 Å². The monoisotopic (exact) mass is 342 g/mol. The van der Waals surface area contributed by atoms with Crippen LogP contribution in [0.4, 0.5) is 0 Å². The predicted octanol–water partition coefficient (Wildman–Crippen LogP) is -4.65. The summed E-state index contributed by atoms with van der Waals surface area (Å²) in [6.45, 7) is 0. The number of rotatable bonds is 0. The molecule has 0 aliphatic rings. The van der Waals surface area contributed by atoms with Gasteiger partial charge in [-0.3, -0.25) is 0 Å². The SMILES string of the molecule is [AsH3].[AsH3].[Na][K].[Na][K].[Na][K]. The molecule has 0 amide bonds. The first-order valence-electron chi connectivity index (χ1n) is 3.00. The first-order chi connectivity index (χ1) is 3.00. The molecular formula is H6As2K3Na3. The molecule has 0 aliphatic heterocycles. The molecule has 0 radical (unpaired) electrons. The summed E-state index contributed by atoms with van der Waals surface area (Å²) in [6.07, 6.45) is 0. The van der Waals surface area contributed by atoms with Gasteiger partial charge in [0.15, 0.2) is 0 Å². The summed E-state index contributed by atoms with van der Waals surface area (Å²) >= 11 is 8.08. The van der Waals surface area contributed by atoms with Gasteiger partial charge in [0.2, 0.25) is 0 Å². The topological polar surface area (TPSA) is 0 Å². The third kappa shape index (κ3) is 36.3. The second kappa shape index (κ2) is 44.4. The molecule has 0 fully saturated rings. The van der Waals surface area contributed by atoms with Crippen LogP contribution in [0.25, 0.3) is 0 Å². The molecule has 8 heavy (non-hydrogen) atoms. The second-order valence-corrected chi connectivity index (χ2v) is 0. The van der Waals surface area contributed by atoms with Crippen molar-refractivity contribution >= 4 is 203 Å². The summed E-state index contributed by atoms with van der Waals surface area (Å²) in [6, 6.07) is 0. The molecule has 0 aliphatic carbocycles. The zero-order chi connectivity index (χ0) is 6.00. The molecule has 0 spiro atoms. The summed E-state index contributed by atoms with van der Waals surface area (Å²) in [5, 5.41) is 0. The van der Waals surface area contributed by atoms with Crippen LogP contribution in [0, 0.1) is 0 Å². The summed E-state index contributed by atoms with van der Waals surface area (Å²) < 4.78 is 0. The molecule has 0 N–H and O–H groups in total. The molecule has 0 aromatic rings. The van der Waals surface area contributed by atoms with Crippen molar-refractivity contribution in [3.05, 3.63) is 0 Å². The average Bonchev–Trinajstić information content (AvgIpc) is 1.81. The van der Waals surface area contributed by atoms with Gasteiger partial charge >= 0.3 is 203 Å². The van der Waals surface area contributed by atoms with Crippen molar-refractivity contribution in [3.63, 3.8) is 0 Å². The molecule has 0 saturated carbocycles. The Morgan fingerprint density at radius 1 is 0.500 bits per heavy atom. The molecule has 2 atom stereocenters. The first-order valence-corrected chi connectivity index (χ1v) is 37.1. The molecule has 2 unspecified atom stereocenters. The molecule has 0 nitrogen and oxygen atoms in total. The van der Waals surface area contributed by atoms with Crippen molar-refractivity contribution in [1.29, 1.82) is 0 Å². The predicted molar refractivity (Wildman–Crippen MR) is 54.4 cm³/mol. The molecule has 22 valence electrons. The maximum absolute atomic E-state index is 1.49. The molecule has 0 bridgehead atoms. The van der Waals surface area contributed by atoms with Gasteiger partial charge in [-0.2, -0.15) is 0 Å². The fraction of sp³-hybridized carbons (Fsp3) is 0. The van der Waals surface area contributed by atoms with Crippen molar-refractivity contribution < 1.29 is 0 Å². The minimum atomic E-state index is 0. The Hall–Kier alpha value is 9.03. The molecule has 0 saturated heterocycles. The Balaban J connectivity index is -0.00000000500. The van der Waals surface area contributed by atoms with Gasteiger partial charge in [0, 0.05) is 0 Å². The fourth-order valence-corrected chi connectivity index (χ4v) is 0. The van der Waals surface area contributed by atoms with Gasteiger partial charge in [-0.15, -0.1) is 0 Å². The van der Waals surface area contributed by atoms with Gasteiger partial charge in [-0.25, -0.2) is 0 Å². The summed E-state index contributed by atoms with van der Waals surface area (Å²) in [7, 11) is 0. The first kappa shape index (κ1) is 30.2. The van der Waals surface area contributed by atoms with Crippen LogP contribution in [0.2, 0.25) is 0 Å². The number of hydrogen-bond acceptors (Lipinski definition) is 0. The number of hydrogen-bond donors (Lipinski definition) is 0. The fourth-order valence-electron chi connectivity index (χ4n) is 0. The molecular weight excluding hydrogens is 336 g/mol. The average molecular weight is 342 g/mol. The van der Waals surface area contributed by atoms with E-state index in [9.17, 15) is 0 Å². The quantitative estimate of drug-likeness (QED) is 0.389. The van der Waals surface area contributed by atoms with Crippen LogP contribution in [-0.4, -0.2) is 203 Å². The van der Waals surface area contributed by atoms with E-state index in [0.29, 0.717) is 0 Å². The van der Waals surface area contributed by atoms with Crippen LogP contribution in [-0.2, 0) is 0 Å². The van der Waals surface area contributed by atoms with Crippen LogP contribution in [0.1, 0.15) is 0 Å². The van der Waals surface area contributed by atoms with Crippen molar-refractivity contribution in [2.75, 3.05) is 0 Å². The Morgan fingerprint density at radius 2 is 0.500 bits per heavy atom. The van der Waals surface area contributed by atoms with E-state index in [1.165, 1.54) is 167 Å². The van der Waals surface area contributed by atoms with Gasteiger partial charge in [-0.05, 0) is 0 Å². The van der Waals surface area contributed by atoms with E-state index in [4.69, 9.17) is 0 Å². The van der Waals surface area contributed by atoms with E-state index in [1.807, 2.05) is 0 Å². The van der Waals surface area contributed by atoms with Gasteiger partial charge in [-0.1, -0.05) is 0 Å². The maximum atomic E-state index is 1.49. The second-order valence-electron chi connectivity index (χ2n) is 0. The van der Waals surface area contributed by atoms with Gasteiger partial charge in [0.1, 0.15) is 0 Å². The van der Waals surface area contributed by atoms with Crippen LogP contribution in [0.15, 0.2) is 0 Å². The van der Waals surface area contributed by atoms with Crippen molar-refractivity contribution in [3.8, 4) is 0 Å². The van der Waals surface area contributed by atoms with Crippen LogP contribution >= 0.6 is 0 Å². The Kier molecular flexibility index (Phi) is 168. The van der Waals surface area contributed by atoms with E-state index < -0.39 is 0 Å². The Labute approximate surface area is 193 Å². The Morgan fingerprint density at radius 3 is 0.500 bits per heavy atom. The van der Waals surface area contributed by atoms with Crippen molar-refractivity contribution in [1.82, 2.24) is 0 Å². The molecule has 0 aromatic carbocycles. The van der Waals surface area contributed by atoms with Gasteiger partial charge in [0.05, 0.1) is 0 Å². The zero-order valence-electron chi connectivity index (χ0n) is 7.41. The van der Waals surface area contributed by atoms with Crippen LogP contribution in [0.3, 0.4) is 0 Å². The van der Waals surface area contributed by atoms with Crippen molar-refractivity contribution in [2.45, 2.75) is 0 Å². The van der Waals surface area contributed by atoms with Gasteiger partial charge < -0.3 is 0 Å². The molecule has 0 aromatic heterocycles. The van der Waals surface area contributed by atoms with Crippen molar-refractivity contribution in [2.24, 2.45) is 0 Å². The summed E-state index contributed by atoms with van der Waals surface area (Å²) in [5.41, 5.74) is 0. The molecule has 8 heteroatoms. The molecule has 0 rings (SSSR count). The third-order valence-corrected chi connectivity index (χ3v) is 0. The van der Waals surface area contributed by atoms with E-state index >= 15 is 0 Å². The Bertz CT molecular complexity index is 12.5. The van der Waals surface area contributed by atoms with E-state index in [0.717, 1.165) is 0 Å². The zero-order valence-corrected chi connectivity index (χ0v) is 28.7. The van der Waals surface area contributed by atoms with Crippen LogP contribution < -0.4 is 0 Å². The minimum absolute atomic E-state index is 0. The normalized spacial score (nSPS) is 3.00.